The Bertz CT molecular complexity index is 858. The third kappa shape index (κ3) is 3.22. The molecule has 1 aliphatic heterocycles. The molecule has 2 atom stereocenters. The van der Waals surface area contributed by atoms with Crippen molar-refractivity contribution in [2.24, 2.45) is 5.92 Å². The predicted molar refractivity (Wildman–Crippen MR) is 95.4 cm³/mol. The fraction of sp³-hybridized carbons (Fsp3) is 0.421. The number of hydrogen-bond donors (Lipinski definition) is 1. The lowest BCUT2D eigenvalue weighted by atomic mass is 9.94. The quantitative estimate of drug-likeness (QED) is 0.771. The zero-order chi connectivity index (χ0) is 17.2. The molecule has 0 bridgehead atoms. The molecule has 3 heterocycles. The van der Waals surface area contributed by atoms with E-state index in [0.29, 0.717) is 25.0 Å². The third-order valence-corrected chi connectivity index (χ3v) is 4.82. The number of aliphatic hydroxyl groups excluding tert-OH is 1. The van der Waals surface area contributed by atoms with E-state index in [1.165, 1.54) is 5.56 Å². The number of pyridine rings is 1. The largest absolute Gasteiger partial charge is 0.408 e. The van der Waals surface area contributed by atoms with E-state index in [9.17, 15) is 5.11 Å². The molecule has 0 spiro atoms. The Morgan fingerprint density at radius 3 is 2.96 bits per heavy atom. The average molecular weight is 338 g/mol. The highest BCUT2D eigenvalue weighted by Crippen LogP contribution is 2.28. The number of hydrogen-bond acceptors (Lipinski definition) is 6. The molecule has 6 nitrogen and oxygen atoms in total. The number of benzene rings is 1. The van der Waals surface area contributed by atoms with Crippen molar-refractivity contribution in [3.8, 4) is 0 Å². The van der Waals surface area contributed by atoms with Crippen LogP contribution in [0.1, 0.15) is 24.8 Å². The number of rotatable bonds is 5. The van der Waals surface area contributed by atoms with Crippen LogP contribution in [0.4, 0.5) is 6.01 Å². The summed E-state index contributed by atoms with van der Waals surface area (Å²) in [6.45, 7) is 3.32. The van der Waals surface area contributed by atoms with E-state index in [1.807, 2.05) is 35.4 Å². The van der Waals surface area contributed by atoms with Gasteiger partial charge in [-0.25, -0.2) is 0 Å². The van der Waals surface area contributed by atoms with Gasteiger partial charge in [0.15, 0.2) is 0 Å². The third-order valence-electron chi connectivity index (χ3n) is 4.82. The Balaban J connectivity index is 1.51. The van der Waals surface area contributed by atoms with Crippen molar-refractivity contribution in [1.29, 1.82) is 0 Å². The van der Waals surface area contributed by atoms with Gasteiger partial charge in [-0.2, -0.15) is 0 Å². The fourth-order valence-corrected chi connectivity index (χ4v) is 3.51. The lowest BCUT2D eigenvalue weighted by Gasteiger charge is -2.14. The molecular weight excluding hydrogens is 316 g/mol. The molecule has 1 saturated heterocycles. The zero-order valence-corrected chi connectivity index (χ0v) is 14.3. The van der Waals surface area contributed by atoms with Crippen molar-refractivity contribution in [3.05, 3.63) is 48.0 Å². The maximum atomic E-state index is 10.5. The molecule has 1 fully saturated rings. The van der Waals surface area contributed by atoms with E-state index in [0.717, 1.165) is 30.2 Å². The van der Waals surface area contributed by atoms with Crippen molar-refractivity contribution < 1.29 is 9.52 Å². The van der Waals surface area contributed by atoms with Gasteiger partial charge in [0.2, 0.25) is 5.89 Å². The second-order valence-electron chi connectivity index (χ2n) is 6.65. The van der Waals surface area contributed by atoms with Gasteiger partial charge in [0.1, 0.15) is 0 Å². The summed E-state index contributed by atoms with van der Waals surface area (Å²) in [4.78, 5) is 6.40. The summed E-state index contributed by atoms with van der Waals surface area (Å²) < 4.78 is 5.71. The molecule has 0 amide bonds. The second kappa shape index (κ2) is 6.80. The van der Waals surface area contributed by atoms with E-state index in [1.54, 1.807) is 0 Å². The van der Waals surface area contributed by atoms with E-state index < -0.39 is 6.10 Å². The molecule has 0 saturated carbocycles. The number of aromatic nitrogens is 3. The summed E-state index contributed by atoms with van der Waals surface area (Å²) in [5, 5.41) is 19.9. The van der Waals surface area contributed by atoms with Crippen molar-refractivity contribution in [2.75, 3.05) is 18.0 Å². The second-order valence-corrected chi connectivity index (χ2v) is 6.65. The van der Waals surface area contributed by atoms with Gasteiger partial charge in [-0.05, 0) is 30.5 Å². The van der Waals surface area contributed by atoms with Crippen LogP contribution in [-0.4, -0.2) is 39.5 Å². The molecule has 1 aliphatic rings. The van der Waals surface area contributed by atoms with Gasteiger partial charge in [0.05, 0.1) is 11.6 Å². The number of para-hydroxylation sites is 1. The van der Waals surface area contributed by atoms with Crippen LogP contribution in [0.2, 0.25) is 0 Å². The van der Waals surface area contributed by atoms with E-state index in [2.05, 4.69) is 28.2 Å². The van der Waals surface area contributed by atoms with Crippen LogP contribution >= 0.6 is 0 Å². The van der Waals surface area contributed by atoms with Gasteiger partial charge in [0.25, 0.3) is 0 Å². The minimum absolute atomic E-state index is 0.132. The molecule has 0 radical (unpaired) electrons. The first-order valence-corrected chi connectivity index (χ1v) is 8.82. The first kappa shape index (κ1) is 16.0. The van der Waals surface area contributed by atoms with Crippen molar-refractivity contribution in [1.82, 2.24) is 15.2 Å². The Hall–Kier alpha value is -2.47. The maximum Gasteiger partial charge on any atom is 0.318 e. The molecule has 2 aromatic heterocycles. The van der Waals surface area contributed by atoms with Crippen LogP contribution in [0.5, 0.6) is 0 Å². The van der Waals surface area contributed by atoms with Crippen LogP contribution in [0.15, 0.2) is 40.9 Å². The molecule has 130 valence electrons. The lowest BCUT2D eigenvalue weighted by Crippen LogP contribution is -2.21. The number of anilines is 1. The van der Waals surface area contributed by atoms with Gasteiger partial charge >= 0.3 is 6.01 Å². The minimum Gasteiger partial charge on any atom is -0.408 e. The predicted octanol–water partition coefficient (Wildman–Crippen LogP) is 2.61. The smallest absolute Gasteiger partial charge is 0.318 e. The van der Waals surface area contributed by atoms with Gasteiger partial charge < -0.3 is 14.4 Å². The Morgan fingerprint density at radius 2 is 2.08 bits per heavy atom. The van der Waals surface area contributed by atoms with Gasteiger partial charge in [-0.1, -0.05) is 30.2 Å². The molecular formula is C19H22N4O2. The number of nitrogens with zero attached hydrogens (tertiary/aromatic N) is 4. The molecule has 0 aliphatic carbocycles. The molecule has 0 unspecified atom stereocenters. The highest BCUT2D eigenvalue weighted by atomic mass is 16.4. The number of aryl methyl sites for hydroxylation is 1. The molecule has 1 N–H and O–H groups in total. The average Bonchev–Trinajstić information content (AvgIpc) is 3.23. The summed E-state index contributed by atoms with van der Waals surface area (Å²) in [6.07, 6.45) is 3.99. The number of aliphatic hydroxyl groups is 1. The lowest BCUT2D eigenvalue weighted by molar-refractivity contribution is 0.148. The summed E-state index contributed by atoms with van der Waals surface area (Å²) in [7, 11) is 0. The Morgan fingerprint density at radius 1 is 1.20 bits per heavy atom. The molecule has 1 aromatic carbocycles. The van der Waals surface area contributed by atoms with Crippen LogP contribution in [0.3, 0.4) is 0 Å². The summed E-state index contributed by atoms with van der Waals surface area (Å²) in [5.41, 5.74) is 2.21. The van der Waals surface area contributed by atoms with Gasteiger partial charge in [0, 0.05) is 37.0 Å². The minimum atomic E-state index is -0.409. The first-order valence-electron chi connectivity index (χ1n) is 8.82. The maximum absolute atomic E-state index is 10.5. The molecule has 3 aromatic rings. The first-order chi connectivity index (χ1) is 12.2. The highest BCUT2D eigenvalue weighted by molar-refractivity contribution is 5.81. The summed E-state index contributed by atoms with van der Waals surface area (Å²) >= 11 is 0. The Labute approximate surface area is 146 Å². The molecule has 25 heavy (non-hydrogen) atoms. The van der Waals surface area contributed by atoms with E-state index >= 15 is 0 Å². The van der Waals surface area contributed by atoms with E-state index in [4.69, 9.17) is 4.42 Å². The van der Waals surface area contributed by atoms with E-state index in [-0.39, 0.29) is 5.92 Å². The van der Waals surface area contributed by atoms with Crippen LogP contribution in [-0.2, 0) is 12.8 Å². The monoisotopic (exact) mass is 338 g/mol. The van der Waals surface area contributed by atoms with Crippen LogP contribution < -0.4 is 4.90 Å². The van der Waals surface area contributed by atoms with Crippen LogP contribution in [0, 0.1) is 5.92 Å². The zero-order valence-electron chi connectivity index (χ0n) is 14.3. The fourth-order valence-electron chi connectivity index (χ4n) is 3.51. The Kier molecular flexibility index (Phi) is 4.36. The highest BCUT2D eigenvalue weighted by Gasteiger charge is 2.34. The normalized spacial score (nSPS) is 20.5. The summed E-state index contributed by atoms with van der Waals surface area (Å²) in [6, 6.07) is 10.7. The van der Waals surface area contributed by atoms with Gasteiger partial charge in [-0.15, -0.1) is 5.10 Å². The van der Waals surface area contributed by atoms with Crippen molar-refractivity contribution in [3.63, 3.8) is 0 Å². The SMILES string of the molecule is CCCc1nnc(N2C[C@@H](Cc3ccnc4ccccc34)[C@@H](O)C2)o1. The summed E-state index contributed by atoms with van der Waals surface area (Å²) in [5.74, 6) is 0.794. The number of β-amino-alcohol motifs (C(OH)–C–C–N with tert-alkyl or cyclic N) is 1. The van der Waals surface area contributed by atoms with Crippen LogP contribution in [0.25, 0.3) is 10.9 Å². The van der Waals surface area contributed by atoms with Gasteiger partial charge in [-0.3, -0.25) is 4.98 Å². The molecule has 4 rings (SSSR count). The van der Waals surface area contributed by atoms with Crippen molar-refractivity contribution in [2.45, 2.75) is 32.3 Å². The topological polar surface area (TPSA) is 75.3 Å². The molecule has 6 heteroatoms. The standard InChI is InChI=1S/C19H22N4O2/c1-2-5-18-21-22-19(25-18)23-11-14(17(24)12-23)10-13-8-9-20-16-7-4-3-6-15(13)16/h3-4,6-9,14,17,24H,2,5,10-12H2,1H3/t14-,17+/m1/s1. The van der Waals surface area contributed by atoms with Crippen molar-refractivity contribution >= 4 is 16.9 Å². The number of fused-ring (bicyclic) bond motifs is 1.